The number of fused-ring (bicyclic) bond motifs is 1. The second-order valence-corrected chi connectivity index (χ2v) is 5.13. The van der Waals surface area contributed by atoms with Gasteiger partial charge in [-0.1, -0.05) is 26.0 Å². The van der Waals surface area contributed by atoms with Gasteiger partial charge in [0.05, 0.1) is 11.1 Å². The molecule has 1 amide bonds. The largest absolute Gasteiger partial charge is 0.480 e. The van der Waals surface area contributed by atoms with Crippen LogP contribution in [-0.4, -0.2) is 28.0 Å². The van der Waals surface area contributed by atoms with E-state index in [2.05, 4.69) is 10.3 Å². The molecule has 2 aromatic rings. The Hall–Kier alpha value is -2.63. The number of carbonyl (C=O) groups is 2. The number of benzene rings is 1. The number of para-hydroxylation sites is 1. The van der Waals surface area contributed by atoms with Crippen molar-refractivity contribution in [3.63, 3.8) is 0 Å². The first-order valence-electron chi connectivity index (χ1n) is 6.56. The highest BCUT2D eigenvalue weighted by Gasteiger charge is 2.24. The molecule has 0 fully saturated rings. The molecule has 3 N–H and O–H groups in total. The molecule has 21 heavy (non-hydrogen) atoms. The lowest BCUT2D eigenvalue weighted by molar-refractivity contribution is -0.140. The van der Waals surface area contributed by atoms with Gasteiger partial charge >= 0.3 is 5.97 Å². The van der Waals surface area contributed by atoms with Gasteiger partial charge in [-0.2, -0.15) is 0 Å². The van der Waals surface area contributed by atoms with Crippen molar-refractivity contribution in [2.24, 2.45) is 5.92 Å². The van der Waals surface area contributed by atoms with Gasteiger partial charge < -0.3 is 15.4 Å². The molecular formula is C15H16N2O4. The van der Waals surface area contributed by atoms with E-state index in [0.717, 1.165) is 0 Å². The normalized spacial score (nSPS) is 12.3. The second kappa shape index (κ2) is 5.78. The summed E-state index contributed by atoms with van der Waals surface area (Å²) in [6, 6.07) is 7.00. The monoisotopic (exact) mass is 288 g/mol. The molecule has 2 rings (SSSR count). The summed E-state index contributed by atoms with van der Waals surface area (Å²) in [4.78, 5) is 37.5. The summed E-state index contributed by atoms with van der Waals surface area (Å²) in [5, 5.41) is 12.3. The Morgan fingerprint density at radius 3 is 2.52 bits per heavy atom. The topological polar surface area (TPSA) is 99.3 Å². The highest BCUT2D eigenvalue weighted by atomic mass is 16.4. The molecule has 0 aliphatic heterocycles. The Balaban J connectivity index is 2.42. The number of hydrogen-bond donors (Lipinski definition) is 3. The highest BCUT2D eigenvalue weighted by Crippen LogP contribution is 2.15. The molecule has 0 unspecified atom stereocenters. The summed E-state index contributed by atoms with van der Waals surface area (Å²) in [6.07, 6.45) is 0. The number of H-pyrrole nitrogens is 1. The Bertz CT molecular complexity index is 749. The van der Waals surface area contributed by atoms with E-state index < -0.39 is 17.9 Å². The zero-order valence-corrected chi connectivity index (χ0v) is 11.7. The standard InChI is InChI=1S/C15H16N2O4/c1-8(2)12(15(20)21)17-14(19)10-5-3-4-9-6-7-11(18)16-13(9)10/h3-8,12H,1-2H3,(H,16,18)(H,17,19)(H,20,21)/t12-/m0/s1. The number of aromatic amines is 1. The smallest absolute Gasteiger partial charge is 0.326 e. The van der Waals surface area contributed by atoms with Crippen molar-refractivity contribution >= 4 is 22.8 Å². The van der Waals surface area contributed by atoms with Gasteiger partial charge in [0.2, 0.25) is 5.56 Å². The number of carbonyl (C=O) groups excluding carboxylic acids is 1. The minimum atomic E-state index is -1.09. The van der Waals surface area contributed by atoms with E-state index >= 15 is 0 Å². The number of hydrogen-bond acceptors (Lipinski definition) is 3. The molecule has 0 bridgehead atoms. The predicted molar refractivity (Wildman–Crippen MR) is 78.3 cm³/mol. The maximum absolute atomic E-state index is 12.3. The third-order valence-electron chi connectivity index (χ3n) is 3.22. The van der Waals surface area contributed by atoms with Crippen LogP contribution >= 0.6 is 0 Å². The molecule has 0 saturated heterocycles. The van der Waals surface area contributed by atoms with Crippen molar-refractivity contribution in [1.82, 2.24) is 10.3 Å². The number of aliphatic carboxylic acids is 1. The quantitative estimate of drug-likeness (QED) is 0.791. The lowest BCUT2D eigenvalue weighted by atomic mass is 10.0. The first-order valence-corrected chi connectivity index (χ1v) is 6.56. The molecule has 1 heterocycles. The van der Waals surface area contributed by atoms with E-state index in [1.165, 1.54) is 6.07 Å². The fourth-order valence-electron chi connectivity index (χ4n) is 2.10. The zero-order valence-electron chi connectivity index (χ0n) is 11.7. The SMILES string of the molecule is CC(C)[C@H](NC(=O)c1cccc2ccc(=O)[nH]c12)C(=O)O. The van der Waals surface area contributed by atoms with E-state index in [1.807, 2.05) is 0 Å². The summed E-state index contributed by atoms with van der Waals surface area (Å²) < 4.78 is 0. The number of carboxylic acids is 1. The Morgan fingerprint density at radius 1 is 1.19 bits per heavy atom. The van der Waals surface area contributed by atoms with E-state index in [-0.39, 0.29) is 17.0 Å². The van der Waals surface area contributed by atoms with Crippen LogP contribution in [0, 0.1) is 5.92 Å². The summed E-state index contributed by atoms with van der Waals surface area (Å²) in [5.41, 5.74) is 0.328. The molecule has 1 aromatic heterocycles. The predicted octanol–water partition coefficient (Wildman–Crippen LogP) is 1.37. The summed E-state index contributed by atoms with van der Waals surface area (Å²) in [7, 11) is 0. The Morgan fingerprint density at radius 2 is 1.90 bits per heavy atom. The molecule has 0 saturated carbocycles. The summed E-state index contributed by atoms with van der Waals surface area (Å²) >= 11 is 0. The fraction of sp³-hybridized carbons (Fsp3) is 0.267. The minimum absolute atomic E-state index is 0.247. The van der Waals surface area contributed by atoms with Crippen LogP contribution < -0.4 is 10.9 Å². The third-order valence-corrected chi connectivity index (χ3v) is 3.22. The van der Waals surface area contributed by atoms with Crippen molar-refractivity contribution in [1.29, 1.82) is 0 Å². The number of rotatable bonds is 4. The number of nitrogens with one attached hydrogen (secondary N) is 2. The number of pyridine rings is 1. The highest BCUT2D eigenvalue weighted by molar-refractivity contribution is 6.06. The van der Waals surface area contributed by atoms with Crippen LogP contribution in [0.2, 0.25) is 0 Å². The van der Waals surface area contributed by atoms with Gasteiger partial charge in [-0.25, -0.2) is 4.79 Å². The van der Waals surface area contributed by atoms with E-state index in [0.29, 0.717) is 10.9 Å². The molecule has 0 aliphatic rings. The second-order valence-electron chi connectivity index (χ2n) is 5.13. The number of amides is 1. The van der Waals surface area contributed by atoms with Gasteiger partial charge in [0, 0.05) is 6.07 Å². The Kier molecular flexibility index (Phi) is 4.07. The molecule has 0 radical (unpaired) electrons. The number of carboxylic acid groups (broad SMARTS) is 1. The van der Waals surface area contributed by atoms with Crippen LogP contribution in [0.4, 0.5) is 0 Å². The van der Waals surface area contributed by atoms with Gasteiger partial charge in [0.25, 0.3) is 5.91 Å². The minimum Gasteiger partial charge on any atom is -0.480 e. The van der Waals surface area contributed by atoms with E-state index in [4.69, 9.17) is 5.11 Å². The third kappa shape index (κ3) is 3.10. The lowest BCUT2D eigenvalue weighted by Crippen LogP contribution is -2.44. The van der Waals surface area contributed by atoms with Crippen LogP contribution in [0.15, 0.2) is 35.1 Å². The molecule has 1 atom stereocenters. The molecule has 6 heteroatoms. The molecular weight excluding hydrogens is 272 g/mol. The van der Waals surface area contributed by atoms with Crippen molar-refractivity contribution in [3.05, 3.63) is 46.2 Å². The van der Waals surface area contributed by atoms with Gasteiger partial charge in [-0.3, -0.25) is 9.59 Å². The van der Waals surface area contributed by atoms with Crippen LogP contribution in [0.25, 0.3) is 10.9 Å². The van der Waals surface area contributed by atoms with Crippen molar-refractivity contribution in [2.75, 3.05) is 0 Å². The average molecular weight is 288 g/mol. The van der Waals surface area contributed by atoms with Crippen LogP contribution in [-0.2, 0) is 4.79 Å². The molecule has 0 spiro atoms. The van der Waals surface area contributed by atoms with E-state index in [1.54, 1.807) is 38.1 Å². The van der Waals surface area contributed by atoms with Gasteiger partial charge in [0.1, 0.15) is 6.04 Å². The van der Waals surface area contributed by atoms with Crippen LogP contribution in [0.5, 0.6) is 0 Å². The maximum atomic E-state index is 12.3. The average Bonchev–Trinajstić information content (AvgIpc) is 2.43. The van der Waals surface area contributed by atoms with Gasteiger partial charge in [-0.15, -0.1) is 0 Å². The summed E-state index contributed by atoms with van der Waals surface area (Å²) in [6.45, 7) is 3.42. The fourth-order valence-corrected chi connectivity index (χ4v) is 2.10. The molecule has 6 nitrogen and oxygen atoms in total. The van der Waals surface area contributed by atoms with Gasteiger partial charge in [-0.05, 0) is 23.4 Å². The maximum Gasteiger partial charge on any atom is 0.326 e. The zero-order chi connectivity index (χ0) is 15.6. The lowest BCUT2D eigenvalue weighted by Gasteiger charge is -2.18. The molecule has 0 aliphatic carbocycles. The van der Waals surface area contributed by atoms with Crippen molar-refractivity contribution in [3.8, 4) is 0 Å². The number of aromatic nitrogens is 1. The first-order chi connectivity index (χ1) is 9.90. The first kappa shape index (κ1) is 14.8. The van der Waals surface area contributed by atoms with Crippen LogP contribution in [0.3, 0.4) is 0 Å². The van der Waals surface area contributed by atoms with Crippen molar-refractivity contribution < 1.29 is 14.7 Å². The Labute approximate surface area is 120 Å². The van der Waals surface area contributed by atoms with Gasteiger partial charge in [0.15, 0.2) is 0 Å². The van der Waals surface area contributed by atoms with Crippen molar-refractivity contribution in [2.45, 2.75) is 19.9 Å². The molecule has 110 valence electrons. The summed E-state index contributed by atoms with van der Waals surface area (Å²) in [5.74, 6) is -1.86. The van der Waals surface area contributed by atoms with Crippen LogP contribution in [0.1, 0.15) is 24.2 Å². The van der Waals surface area contributed by atoms with E-state index in [9.17, 15) is 14.4 Å². The molecule has 1 aromatic carbocycles.